The quantitative estimate of drug-likeness (QED) is 0.606. The molecule has 3 nitrogen and oxygen atoms in total. The van der Waals surface area contributed by atoms with Gasteiger partial charge >= 0.3 is 0 Å². The Kier molecular flexibility index (Phi) is 4.81. The van der Waals surface area contributed by atoms with Crippen molar-refractivity contribution in [1.82, 2.24) is 0 Å². The fraction of sp³-hybridized carbons (Fsp3) is 0.0769. The zero-order chi connectivity index (χ0) is 12.7. The van der Waals surface area contributed by atoms with Gasteiger partial charge in [0.2, 0.25) is 0 Å². The van der Waals surface area contributed by atoms with Crippen LogP contribution in [0.1, 0.15) is 5.56 Å². The molecule has 0 heterocycles. The predicted octanol–water partition coefficient (Wildman–Crippen LogP) is 3.25. The van der Waals surface area contributed by atoms with E-state index in [1.54, 1.807) is 43.5 Å². The first kappa shape index (κ1) is 12.8. The van der Waals surface area contributed by atoms with E-state index in [0.29, 0.717) is 5.03 Å². The molecule has 1 rings (SSSR count). The summed E-state index contributed by atoms with van der Waals surface area (Å²) in [4.78, 5) is 0. The van der Waals surface area contributed by atoms with Gasteiger partial charge in [-0.1, -0.05) is 11.6 Å². The largest absolute Gasteiger partial charge is 0.497 e. The number of hydrogen-bond acceptors (Lipinski definition) is 3. The zero-order valence-electron chi connectivity index (χ0n) is 9.14. The highest BCUT2D eigenvalue weighted by atomic mass is 35.5. The van der Waals surface area contributed by atoms with E-state index >= 15 is 0 Å². The van der Waals surface area contributed by atoms with Crippen LogP contribution in [0.2, 0.25) is 0 Å². The van der Waals surface area contributed by atoms with Crippen LogP contribution in [-0.2, 0) is 0 Å². The topological polar surface area (TPSA) is 56.8 Å². The molecule has 0 fully saturated rings. The van der Waals surface area contributed by atoms with E-state index in [1.807, 2.05) is 0 Å². The monoisotopic (exact) mass is 244 g/mol. The highest BCUT2D eigenvalue weighted by Gasteiger charge is 1.98. The molecule has 1 aromatic carbocycles. The van der Waals surface area contributed by atoms with Crippen LogP contribution in [0.3, 0.4) is 0 Å². The van der Waals surface area contributed by atoms with Crippen LogP contribution in [-0.4, -0.2) is 7.11 Å². The van der Waals surface area contributed by atoms with Crippen LogP contribution >= 0.6 is 11.6 Å². The van der Waals surface area contributed by atoms with Crippen LogP contribution in [0, 0.1) is 22.7 Å². The highest BCUT2D eigenvalue weighted by molar-refractivity contribution is 6.48. The van der Waals surface area contributed by atoms with E-state index in [9.17, 15) is 0 Å². The first-order chi connectivity index (χ1) is 8.21. The van der Waals surface area contributed by atoms with Crippen molar-refractivity contribution in [3.8, 4) is 17.9 Å². The van der Waals surface area contributed by atoms with Crippen molar-refractivity contribution in [3.63, 3.8) is 0 Å². The van der Waals surface area contributed by atoms with Gasteiger partial charge in [-0.3, -0.25) is 0 Å². The SMILES string of the molecule is COc1ccc(/C(Cl)=C/C=C(C#N)C#N)cc1. The lowest BCUT2D eigenvalue weighted by molar-refractivity contribution is 0.415. The zero-order valence-corrected chi connectivity index (χ0v) is 9.90. The fourth-order valence-corrected chi connectivity index (χ4v) is 1.29. The Morgan fingerprint density at radius 2 is 1.76 bits per heavy atom. The third kappa shape index (κ3) is 3.68. The van der Waals surface area contributed by atoms with Gasteiger partial charge in [0.15, 0.2) is 0 Å². The highest BCUT2D eigenvalue weighted by Crippen LogP contribution is 2.21. The van der Waals surface area contributed by atoms with Gasteiger partial charge in [-0.15, -0.1) is 0 Å². The molecule has 0 saturated heterocycles. The summed E-state index contributed by atoms with van der Waals surface area (Å²) in [5.41, 5.74) is 0.801. The summed E-state index contributed by atoms with van der Waals surface area (Å²) < 4.78 is 5.02. The van der Waals surface area contributed by atoms with Crippen LogP contribution in [0.5, 0.6) is 5.75 Å². The average Bonchev–Trinajstić information content (AvgIpc) is 2.39. The number of hydrogen-bond donors (Lipinski definition) is 0. The first-order valence-corrected chi connectivity index (χ1v) is 5.11. The second kappa shape index (κ2) is 6.37. The van der Waals surface area contributed by atoms with Crippen molar-refractivity contribution in [3.05, 3.63) is 47.6 Å². The minimum Gasteiger partial charge on any atom is -0.497 e. The summed E-state index contributed by atoms with van der Waals surface area (Å²) in [5.74, 6) is 0.739. The molecule has 0 bridgehead atoms. The third-order valence-electron chi connectivity index (χ3n) is 2.00. The molecule has 0 atom stereocenters. The van der Waals surface area contributed by atoms with Gasteiger partial charge in [-0.05, 0) is 42.0 Å². The molecule has 1 aromatic rings. The molecule has 0 amide bonds. The summed E-state index contributed by atoms with van der Waals surface area (Å²) >= 11 is 6.02. The maximum atomic E-state index is 8.55. The summed E-state index contributed by atoms with van der Waals surface area (Å²) in [6.45, 7) is 0. The Morgan fingerprint density at radius 1 is 1.18 bits per heavy atom. The van der Waals surface area contributed by atoms with E-state index in [2.05, 4.69) is 0 Å². The lowest BCUT2D eigenvalue weighted by Gasteiger charge is -2.01. The van der Waals surface area contributed by atoms with Crippen molar-refractivity contribution < 1.29 is 4.74 Å². The Morgan fingerprint density at radius 3 is 2.24 bits per heavy atom. The van der Waals surface area contributed by atoms with Crippen molar-refractivity contribution in [2.75, 3.05) is 7.11 Å². The number of halogens is 1. The molecule has 0 spiro atoms. The molecular weight excluding hydrogens is 236 g/mol. The van der Waals surface area contributed by atoms with Crippen LogP contribution in [0.4, 0.5) is 0 Å². The molecule has 17 heavy (non-hydrogen) atoms. The molecule has 0 unspecified atom stereocenters. The molecule has 0 radical (unpaired) electrons. The van der Waals surface area contributed by atoms with Crippen LogP contribution in [0.25, 0.3) is 5.03 Å². The van der Waals surface area contributed by atoms with Crippen molar-refractivity contribution in [2.45, 2.75) is 0 Å². The summed E-state index contributed by atoms with van der Waals surface area (Å²) in [7, 11) is 1.58. The maximum Gasteiger partial charge on any atom is 0.129 e. The van der Waals surface area contributed by atoms with Crippen LogP contribution < -0.4 is 4.74 Å². The minimum atomic E-state index is 0.0108. The van der Waals surface area contributed by atoms with E-state index in [0.717, 1.165) is 11.3 Å². The fourth-order valence-electron chi connectivity index (χ4n) is 1.10. The molecule has 0 saturated carbocycles. The first-order valence-electron chi connectivity index (χ1n) is 4.73. The normalized spacial score (nSPS) is 10.0. The second-order valence-electron chi connectivity index (χ2n) is 3.05. The lowest BCUT2D eigenvalue weighted by atomic mass is 10.2. The molecule has 0 aromatic heterocycles. The Hall–Kier alpha value is -2.23. The number of allylic oxidation sites excluding steroid dienone is 3. The van der Waals surface area contributed by atoms with Crippen molar-refractivity contribution >= 4 is 16.6 Å². The average molecular weight is 245 g/mol. The van der Waals surface area contributed by atoms with E-state index in [-0.39, 0.29) is 5.57 Å². The van der Waals surface area contributed by atoms with Gasteiger partial charge < -0.3 is 4.74 Å². The number of nitriles is 2. The van der Waals surface area contributed by atoms with Gasteiger partial charge in [0.05, 0.1) is 7.11 Å². The summed E-state index contributed by atoms with van der Waals surface area (Å²) in [6.07, 6.45) is 2.90. The molecule has 0 aliphatic heterocycles. The lowest BCUT2D eigenvalue weighted by Crippen LogP contribution is -1.82. The summed E-state index contributed by atoms with van der Waals surface area (Å²) in [5, 5.41) is 17.6. The van der Waals surface area contributed by atoms with E-state index in [1.165, 1.54) is 12.2 Å². The Labute approximate surface area is 105 Å². The minimum absolute atomic E-state index is 0.0108. The van der Waals surface area contributed by atoms with Crippen LogP contribution in [0.15, 0.2) is 42.0 Å². The smallest absolute Gasteiger partial charge is 0.129 e. The van der Waals surface area contributed by atoms with Gasteiger partial charge in [0, 0.05) is 5.03 Å². The van der Waals surface area contributed by atoms with E-state index < -0.39 is 0 Å². The van der Waals surface area contributed by atoms with Gasteiger partial charge in [-0.25, -0.2) is 0 Å². The molecular formula is C13H9ClN2O. The third-order valence-corrected chi connectivity index (χ3v) is 2.35. The van der Waals surface area contributed by atoms with Gasteiger partial charge in [-0.2, -0.15) is 10.5 Å². The van der Waals surface area contributed by atoms with Gasteiger partial charge in [0.25, 0.3) is 0 Å². The number of ether oxygens (including phenoxy) is 1. The number of nitrogens with zero attached hydrogens (tertiary/aromatic N) is 2. The molecule has 84 valence electrons. The second-order valence-corrected chi connectivity index (χ2v) is 3.45. The maximum absolute atomic E-state index is 8.55. The Bertz CT molecular complexity index is 514. The van der Waals surface area contributed by atoms with E-state index in [4.69, 9.17) is 26.9 Å². The molecule has 4 heteroatoms. The molecule has 0 aliphatic carbocycles. The van der Waals surface area contributed by atoms with Crippen molar-refractivity contribution in [1.29, 1.82) is 10.5 Å². The standard InChI is InChI=1S/C13H9ClN2O/c1-17-12-5-3-11(4-6-12)13(14)7-2-10(8-15)9-16/h2-7H,1H3/b13-7-. The molecule has 0 N–H and O–H groups in total. The number of methoxy groups -OCH3 is 1. The summed E-state index contributed by atoms with van der Waals surface area (Å²) in [6, 6.07) is 10.7. The molecule has 0 aliphatic rings. The number of rotatable bonds is 3. The Balaban J connectivity index is 2.93. The van der Waals surface area contributed by atoms with Crippen molar-refractivity contribution in [2.24, 2.45) is 0 Å². The predicted molar refractivity (Wildman–Crippen MR) is 66.1 cm³/mol. The van der Waals surface area contributed by atoms with Gasteiger partial charge in [0.1, 0.15) is 23.5 Å². The number of benzene rings is 1.